The molecule has 0 aliphatic carbocycles. The second-order valence-electron chi connectivity index (χ2n) is 4.94. The van der Waals surface area contributed by atoms with E-state index in [0.717, 1.165) is 15.7 Å². The molecule has 0 aromatic heterocycles. The molecule has 1 fully saturated rings. The average molecular weight is 414 g/mol. The maximum atomic E-state index is 12.2. The molecule has 1 heterocycles. The first-order valence-electron chi connectivity index (χ1n) is 7.29. The molecule has 2 aromatic carbocycles. The standard InChI is InChI=1S/C18H12BrN3O2S/c19-13-5-7-14(8-6-13)21-18-22-17(23)16(25-18)11-12-3-1-2-4-15(12)24-10-9-20/h1-8,11H,10H2,(H,21,22,23)/b16-11+. The second-order valence-corrected chi connectivity index (χ2v) is 6.89. The monoisotopic (exact) mass is 413 g/mol. The van der Waals surface area contributed by atoms with Gasteiger partial charge in [0.1, 0.15) is 11.8 Å². The first kappa shape index (κ1) is 17.3. The number of amides is 1. The number of benzene rings is 2. The molecule has 1 N–H and O–H groups in total. The number of para-hydroxylation sites is 1. The van der Waals surface area contributed by atoms with Crippen LogP contribution in [0.4, 0.5) is 5.69 Å². The van der Waals surface area contributed by atoms with Gasteiger partial charge in [-0.15, -0.1) is 0 Å². The molecule has 0 atom stereocenters. The Morgan fingerprint density at radius 2 is 2.00 bits per heavy atom. The molecule has 0 spiro atoms. The molecule has 3 rings (SSSR count). The number of ether oxygens (including phenoxy) is 1. The highest BCUT2D eigenvalue weighted by atomic mass is 79.9. The normalized spacial score (nSPS) is 16.7. The molecule has 0 bridgehead atoms. The lowest BCUT2D eigenvalue weighted by Gasteiger charge is -2.05. The summed E-state index contributed by atoms with van der Waals surface area (Å²) >= 11 is 4.64. The molecule has 0 saturated carbocycles. The number of halogens is 1. The van der Waals surface area contributed by atoms with E-state index in [1.54, 1.807) is 12.1 Å². The Kier molecular flexibility index (Phi) is 5.53. The Labute approximate surface area is 157 Å². The van der Waals surface area contributed by atoms with Crippen LogP contribution < -0.4 is 10.1 Å². The fourth-order valence-corrected chi connectivity index (χ4v) is 3.19. The number of nitrogens with one attached hydrogen (secondary N) is 1. The zero-order chi connectivity index (χ0) is 17.6. The third-order valence-electron chi connectivity index (χ3n) is 3.21. The van der Waals surface area contributed by atoms with Gasteiger partial charge in [-0.25, -0.2) is 4.99 Å². The van der Waals surface area contributed by atoms with Crippen molar-refractivity contribution in [3.63, 3.8) is 0 Å². The van der Waals surface area contributed by atoms with E-state index >= 15 is 0 Å². The van der Waals surface area contributed by atoms with E-state index in [4.69, 9.17) is 10.00 Å². The van der Waals surface area contributed by atoms with Gasteiger partial charge in [-0.05, 0) is 48.2 Å². The third kappa shape index (κ3) is 4.50. The van der Waals surface area contributed by atoms with Crippen LogP contribution >= 0.6 is 27.7 Å². The molecule has 7 heteroatoms. The van der Waals surface area contributed by atoms with E-state index in [1.807, 2.05) is 48.5 Å². The summed E-state index contributed by atoms with van der Waals surface area (Å²) in [5.41, 5.74) is 1.49. The first-order chi connectivity index (χ1) is 12.2. The predicted molar refractivity (Wildman–Crippen MR) is 102 cm³/mol. The summed E-state index contributed by atoms with van der Waals surface area (Å²) in [6, 6.07) is 16.7. The van der Waals surface area contributed by atoms with Crippen LogP contribution in [0.15, 0.2) is 62.9 Å². The van der Waals surface area contributed by atoms with Gasteiger partial charge in [-0.3, -0.25) is 4.79 Å². The van der Waals surface area contributed by atoms with Gasteiger partial charge in [-0.1, -0.05) is 34.1 Å². The molecular weight excluding hydrogens is 402 g/mol. The van der Waals surface area contributed by atoms with Crippen LogP contribution in [-0.4, -0.2) is 17.7 Å². The van der Waals surface area contributed by atoms with Crippen LogP contribution in [0.2, 0.25) is 0 Å². The van der Waals surface area contributed by atoms with Crippen LogP contribution in [0.1, 0.15) is 5.56 Å². The van der Waals surface area contributed by atoms with Crippen molar-refractivity contribution in [3.05, 3.63) is 63.5 Å². The van der Waals surface area contributed by atoms with Crippen LogP contribution in [0, 0.1) is 11.3 Å². The van der Waals surface area contributed by atoms with Crippen LogP contribution in [-0.2, 0) is 4.79 Å². The molecule has 1 aliphatic rings. The molecule has 1 aliphatic heterocycles. The number of carbonyl (C=O) groups excluding carboxylic acids is 1. The van der Waals surface area contributed by atoms with Gasteiger partial charge in [-0.2, -0.15) is 5.26 Å². The lowest BCUT2D eigenvalue weighted by atomic mass is 10.2. The summed E-state index contributed by atoms with van der Waals surface area (Å²) in [6.07, 6.45) is 1.73. The maximum Gasteiger partial charge on any atom is 0.264 e. The van der Waals surface area contributed by atoms with Crippen molar-refractivity contribution >= 4 is 50.5 Å². The van der Waals surface area contributed by atoms with E-state index in [2.05, 4.69) is 26.2 Å². The van der Waals surface area contributed by atoms with Crippen molar-refractivity contribution in [2.45, 2.75) is 0 Å². The second kappa shape index (κ2) is 8.01. The number of nitriles is 1. The summed E-state index contributed by atoms with van der Waals surface area (Å²) in [5, 5.41) is 11.9. The molecule has 0 unspecified atom stereocenters. The largest absolute Gasteiger partial charge is 0.478 e. The predicted octanol–water partition coefficient (Wildman–Crippen LogP) is 4.24. The van der Waals surface area contributed by atoms with Gasteiger partial charge in [0, 0.05) is 10.0 Å². The third-order valence-corrected chi connectivity index (χ3v) is 4.64. The number of aliphatic imine (C=N–C) groups is 1. The molecule has 1 saturated heterocycles. The van der Waals surface area contributed by atoms with Crippen molar-refractivity contribution in [2.24, 2.45) is 4.99 Å². The van der Waals surface area contributed by atoms with Gasteiger partial charge >= 0.3 is 0 Å². The Bertz CT molecular complexity index is 901. The SMILES string of the molecule is N#CCOc1ccccc1/C=C1/SC(=Nc2ccc(Br)cc2)NC1=O. The first-order valence-corrected chi connectivity index (χ1v) is 8.90. The van der Waals surface area contributed by atoms with E-state index in [-0.39, 0.29) is 12.5 Å². The summed E-state index contributed by atoms with van der Waals surface area (Å²) in [4.78, 5) is 17.1. The van der Waals surface area contributed by atoms with E-state index in [1.165, 1.54) is 11.8 Å². The number of rotatable bonds is 4. The summed E-state index contributed by atoms with van der Waals surface area (Å²) in [5.74, 6) is 0.346. The smallest absolute Gasteiger partial charge is 0.264 e. The molecule has 124 valence electrons. The van der Waals surface area contributed by atoms with Gasteiger partial charge < -0.3 is 10.1 Å². The zero-order valence-corrected chi connectivity index (χ0v) is 15.3. The maximum absolute atomic E-state index is 12.2. The van der Waals surface area contributed by atoms with Gasteiger partial charge in [0.05, 0.1) is 10.6 Å². The molecule has 0 radical (unpaired) electrons. The van der Waals surface area contributed by atoms with E-state index in [9.17, 15) is 4.79 Å². The number of hydrogen-bond donors (Lipinski definition) is 1. The molecule has 5 nitrogen and oxygen atoms in total. The van der Waals surface area contributed by atoms with E-state index in [0.29, 0.717) is 15.8 Å². The molecule has 25 heavy (non-hydrogen) atoms. The quantitative estimate of drug-likeness (QED) is 0.760. The highest BCUT2D eigenvalue weighted by molar-refractivity contribution is 9.10. The highest BCUT2D eigenvalue weighted by Crippen LogP contribution is 2.30. The summed E-state index contributed by atoms with van der Waals surface area (Å²) < 4.78 is 6.35. The van der Waals surface area contributed by atoms with Crippen molar-refractivity contribution in [1.82, 2.24) is 5.32 Å². The van der Waals surface area contributed by atoms with Crippen molar-refractivity contribution in [2.75, 3.05) is 6.61 Å². The topological polar surface area (TPSA) is 74.5 Å². The summed E-state index contributed by atoms with van der Waals surface area (Å²) in [7, 11) is 0. The van der Waals surface area contributed by atoms with Gasteiger partial charge in [0.25, 0.3) is 5.91 Å². The van der Waals surface area contributed by atoms with Crippen molar-refractivity contribution in [1.29, 1.82) is 5.26 Å². The van der Waals surface area contributed by atoms with Gasteiger partial charge in [0.2, 0.25) is 0 Å². The fourth-order valence-electron chi connectivity index (χ4n) is 2.10. The highest BCUT2D eigenvalue weighted by Gasteiger charge is 2.24. The van der Waals surface area contributed by atoms with Gasteiger partial charge in [0.15, 0.2) is 11.8 Å². The number of amidine groups is 1. The summed E-state index contributed by atoms with van der Waals surface area (Å²) in [6.45, 7) is -0.0458. The van der Waals surface area contributed by atoms with Crippen LogP contribution in [0.3, 0.4) is 0 Å². The van der Waals surface area contributed by atoms with Crippen LogP contribution in [0.25, 0.3) is 6.08 Å². The Hall–Kier alpha value is -2.56. The molecular formula is C18H12BrN3O2S. The Morgan fingerprint density at radius 1 is 1.24 bits per heavy atom. The number of thioether (sulfide) groups is 1. The number of carbonyl (C=O) groups is 1. The minimum absolute atomic E-state index is 0.0458. The minimum atomic E-state index is -0.212. The number of hydrogen-bond acceptors (Lipinski definition) is 5. The van der Waals surface area contributed by atoms with Crippen molar-refractivity contribution in [3.8, 4) is 11.8 Å². The molecule has 1 amide bonds. The molecule has 2 aromatic rings. The van der Waals surface area contributed by atoms with Crippen LogP contribution in [0.5, 0.6) is 5.75 Å². The minimum Gasteiger partial charge on any atom is -0.478 e. The van der Waals surface area contributed by atoms with Crippen molar-refractivity contribution < 1.29 is 9.53 Å². The lowest BCUT2D eigenvalue weighted by molar-refractivity contribution is -0.115. The fraction of sp³-hybridized carbons (Fsp3) is 0.0556. The lowest BCUT2D eigenvalue weighted by Crippen LogP contribution is -2.19. The number of nitrogens with zero attached hydrogens (tertiary/aromatic N) is 2. The Balaban J connectivity index is 1.82. The average Bonchev–Trinajstić information content (AvgIpc) is 2.95. The zero-order valence-electron chi connectivity index (χ0n) is 12.9. The van der Waals surface area contributed by atoms with E-state index < -0.39 is 0 Å². The Morgan fingerprint density at radius 3 is 2.76 bits per heavy atom.